The van der Waals surface area contributed by atoms with Crippen molar-refractivity contribution in [2.75, 3.05) is 18.0 Å². The van der Waals surface area contributed by atoms with Crippen LogP contribution < -0.4 is 10.2 Å². The van der Waals surface area contributed by atoms with Crippen molar-refractivity contribution in [3.63, 3.8) is 0 Å². The molecule has 9 rings (SSSR count). The Labute approximate surface area is 235 Å². The predicted molar refractivity (Wildman–Crippen MR) is 162 cm³/mol. The minimum absolute atomic E-state index is 0.559. The van der Waals surface area contributed by atoms with E-state index >= 15 is 0 Å². The third-order valence-electron chi connectivity index (χ3n) is 8.77. The number of hydrogen-bond donors (Lipinski definition) is 2. The smallest absolute Gasteiger partial charge is 0.164 e. The fourth-order valence-corrected chi connectivity index (χ4v) is 6.91. The number of piperazine rings is 1. The first-order valence-electron chi connectivity index (χ1n) is 14.1. The number of benzene rings is 3. The molecule has 2 bridgehead atoms. The normalized spacial score (nSPS) is 18.3. The first-order valence-corrected chi connectivity index (χ1v) is 14.1. The Bertz CT molecular complexity index is 2090. The van der Waals surface area contributed by atoms with Gasteiger partial charge in [-0.2, -0.15) is 10.2 Å². The molecule has 6 heterocycles. The van der Waals surface area contributed by atoms with E-state index in [1.807, 2.05) is 53.6 Å². The third kappa shape index (κ3) is 3.37. The molecule has 2 saturated heterocycles. The van der Waals surface area contributed by atoms with Gasteiger partial charge in [0.05, 0.1) is 23.0 Å². The molecule has 3 aromatic carbocycles. The lowest BCUT2D eigenvalue weighted by Crippen LogP contribution is -2.43. The predicted octanol–water partition coefficient (Wildman–Crippen LogP) is 5.71. The maximum atomic E-state index is 5.24. The summed E-state index contributed by atoms with van der Waals surface area (Å²) in [6.45, 7) is 2.12. The summed E-state index contributed by atoms with van der Waals surface area (Å²) in [7, 11) is 0. The molecule has 0 aliphatic carbocycles. The molecule has 4 aromatic heterocycles. The molecule has 41 heavy (non-hydrogen) atoms. The van der Waals surface area contributed by atoms with E-state index < -0.39 is 0 Å². The summed E-state index contributed by atoms with van der Waals surface area (Å²) in [6.07, 6.45) is 8.61. The molecule has 2 aliphatic rings. The highest BCUT2D eigenvalue weighted by Crippen LogP contribution is 2.42. The second-order valence-corrected chi connectivity index (χ2v) is 11.0. The van der Waals surface area contributed by atoms with E-state index in [-0.39, 0.29) is 0 Å². The van der Waals surface area contributed by atoms with Gasteiger partial charge in [0.2, 0.25) is 0 Å². The van der Waals surface area contributed by atoms with Crippen LogP contribution >= 0.6 is 0 Å². The molecule has 0 spiro atoms. The summed E-state index contributed by atoms with van der Waals surface area (Å²) < 4.78 is 2.01. The molecular formula is C33H26N8. The molecule has 2 aliphatic heterocycles. The van der Waals surface area contributed by atoms with Crippen LogP contribution in [0.5, 0.6) is 0 Å². The lowest BCUT2D eigenvalue weighted by molar-refractivity contribution is 0.581. The van der Waals surface area contributed by atoms with Gasteiger partial charge in [-0.05, 0) is 47.7 Å². The lowest BCUT2D eigenvalue weighted by atomic mass is 9.98. The fraction of sp³-hybridized carbons (Fsp3) is 0.152. The molecule has 2 fully saturated rings. The van der Waals surface area contributed by atoms with Crippen molar-refractivity contribution in [1.82, 2.24) is 35.1 Å². The SMILES string of the molecule is c1cc(-c2c(-c3ccncc3)nn3c(-c4ccc(N5CC6CC5CN6)c5ccccc45)ccnc23)c2cn[nH]c2c1. The van der Waals surface area contributed by atoms with E-state index in [4.69, 9.17) is 10.1 Å². The van der Waals surface area contributed by atoms with Gasteiger partial charge in [0.15, 0.2) is 5.65 Å². The number of pyridine rings is 1. The van der Waals surface area contributed by atoms with Crippen LogP contribution in [0, 0.1) is 0 Å². The molecule has 0 saturated carbocycles. The summed E-state index contributed by atoms with van der Waals surface area (Å²) in [4.78, 5) is 11.7. The van der Waals surface area contributed by atoms with Gasteiger partial charge in [-0.15, -0.1) is 0 Å². The summed E-state index contributed by atoms with van der Waals surface area (Å²) >= 11 is 0. The molecule has 2 atom stereocenters. The quantitative estimate of drug-likeness (QED) is 0.301. The number of hydrogen-bond acceptors (Lipinski definition) is 6. The highest BCUT2D eigenvalue weighted by atomic mass is 15.3. The molecular weight excluding hydrogens is 508 g/mol. The second-order valence-electron chi connectivity index (χ2n) is 11.0. The van der Waals surface area contributed by atoms with E-state index in [0.717, 1.165) is 63.3 Å². The van der Waals surface area contributed by atoms with Crippen molar-refractivity contribution in [1.29, 1.82) is 0 Å². The Balaban J connectivity index is 1.30. The van der Waals surface area contributed by atoms with Crippen LogP contribution in [0.2, 0.25) is 0 Å². The highest BCUT2D eigenvalue weighted by Gasteiger charge is 2.38. The molecule has 8 heteroatoms. The van der Waals surface area contributed by atoms with E-state index in [9.17, 15) is 0 Å². The summed E-state index contributed by atoms with van der Waals surface area (Å²) in [6, 6.07) is 26.7. The molecule has 0 amide bonds. The summed E-state index contributed by atoms with van der Waals surface area (Å²) in [5, 5.41) is 19.8. The van der Waals surface area contributed by atoms with E-state index in [1.54, 1.807) is 0 Å². The summed E-state index contributed by atoms with van der Waals surface area (Å²) in [5.41, 5.74) is 9.11. The van der Waals surface area contributed by atoms with Crippen molar-refractivity contribution >= 4 is 33.0 Å². The average molecular weight is 535 g/mol. The number of rotatable bonds is 4. The van der Waals surface area contributed by atoms with Crippen LogP contribution in [0.3, 0.4) is 0 Å². The third-order valence-corrected chi connectivity index (χ3v) is 8.77. The van der Waals surface area contributed by atoms with Crippen LogP contribution in [-0.2, 0) is 0 Å². The Kier molecular flexibility index (Phi) is 4.82. The van der Waals surface area contributed by atoms with Crippen molar-refractivity contribution in [2.45, 2.75) is 18.5 Å². The van der Waals surface area contributed by atoms with Crippen LogP contribution in [-0.4, -0.2) is 55.0 Å². The van der Waals surface area contributed by atoms with Crippen molar-refractivity contribution in [3.8, 4) is 33.6 Å². The Morgan fingerprint density at radius 3 is 2.56 bits per heavy atom. The standard InChI is InChI=1S/C33H26N8/c1-2-5-24-23(4-1)25(8-9-29(24)40-19-21-16-22(40)17-36-21)30-12-15-35-33-31(26-6-3-7-28-27(26)18-37-38-28)32(39-41(30)33)20-10-13-34-14-11-20/h1-15,18,21-22,36H,16-17,19H2,(H,37,38). The zero-order valence-electron chi connectivity index (χ0n) is 22.2. The van der Waals surface area contributed by atoms with E-state index in [1.165, 1.54) is 22.9 Å². The molecule has 2 N–H and O–H groups in total. The Morgan fingerprint density at radius 1 is 0.805 bits per heavy atom. The van der Waals surface area contributed by atoms with Gasteiger partial charge < -0.3 is 10.2 Å². The minimum Gasteiger partial charge on any atom is -0.365 e. The largest absolute Gasteiger partial charge is 0.365 e. The van der Waals surface area contributed by atoms with Crippen molar-refractivity contribution in [2.24, 2.45) is 0 Å². The maximum Gasteiger partial charge on any atom is 0.164 e. The Morgan fingerprint density at radius 2 is 1.71 bits per heavy atom. The number of H-pyrrole nitrogens is 1. The molecule has 198 valence electrons. The van der Waals surface area contributed by atoms with E-state index in [0.29, 0.717) is 12.1 Å². The first kappa shape index (κ1) is 22.7. The number of fused-ring (bicyclic) bond motifs is 5. The maximum absolute atomic E-state index is 5.24. The molecule has 0 radical (unpaired) electrons. The van der Waals surface area contributed by atoms with Crippen LogP contribution in [0.15, 0.2) is 97.6 Å². The average Bonchev–Trinajstić information content (AvgIpc) is 3.84. The van der Waals surface area contributed by atoms with Gasteiger partial charge in [-0.1, -0.05) is 42.5 Å². The number of aromatic nitrogens is 6. The highest BCUT2D eigenvalue weighted by molar-refractivity contribution is 6.05. The lowest BCUT2D eigenvalue weighted by Gasteiger charge is -2.31. The van der Waals surface area contributed by atoms with Gasteiger partial charge in [0.1, 0.15) is 5.69 Å². The fourth-order valence-electron chi connectivity index (χ4n) is 6.91. The molecule has 2 unspecified atom stereocenters. The molecule has 7 aromatic rings. The topological polar surface area (TPSA) is 87.0 Å². The number of nitrogens with one attached hydrogen (secondary N) is 2. The van der Waals surface area contributed by atoms with Crippen LogP contribution in [0.1, 0.15) is 6.42 Å². The number of aromatic amines is 1. The van der Waals surface area contributed by atoms with E-state index in [2.05, 4.69) is 73.9 Å². The minimum atomic E-state index is 0.559. The van der Waals surface area contributed by atoms with Gasteiger partial charge in [0, 0.05) is 71.4 Å². The van der Waals surface area contributed by atoms with Crippen LogP contribution in [0.4, 0.5) is 5.69 Å². The number of nitrogens with zero attached hydrogens (tertiary/aromatic N) is 6. The van der Waals surface area contributed by atoms with Gasteiger partial charge >= 0.3 is 0 Å². The second kappa shape index (κ2) is 8.71. The first-order chi connectivity index (χ1) is 20.3. The van der Waals surface area contributed by atoms with Gasteiger partial charge in [-0.3, -0.25) is 10.1 Å². The van der Waals surface area contributed by atoms with Crippen molar-refractivity contribution < 1.29 is 0 Å². The number of anilines is 1. The Hall–Kier alpha value is -5.08. The zero-order valence-corrected chi connectivity index (χ0v) is 22.2. The monoisotopic (exact) mass is 534 g/mol. The summed E-state index contributed by atoms with van der Waals surface area (Å²) in [5.74, 6) is 0. The van der Waals surface area contributed by atoms with Crippen molar-refractivity contribution in [3.05, 3.63) is 97.6 Å². The molecule has 8 nitrogen and oxygen atoms in total. The van der Waals surface area contributed by atoms with Gasteiger partial charge in [0.25, 0.3) is 0 Å². The zero-order chi connectivity index (χ0) is 26.9. The van der Waals surface area contributed by atoms with Crippen LogP contribution in [0.25, 0.3) is 61.0 Å². The van der Waals surface area contributed by atoms with Gasteiger partial charge in [-0.25, -0.2) is 9.50 Å².